The topological polar surface area (TPSA) is 37.3 Å². The van der Waals surface area contributed by atoms with Gasteiger partial charge in [0.1, 0.15) is 0 Å². The fourth-order valence-electron chi connectivity index (χ4n) is 1.70. The fraction of sp³-hybridized carbons (Fsp3) is 0.545. The second-order valence-corrected chi connectivity index (χ2v) is 3.47. The van der Waals surface area contributed by atoms with Crippen molar-refractivity contribution in [2.45, 2.75) is 33.1 Å². The molecular weight excluding hydrogens is 164 g/mol. The van der Waals surface area contributed by atoms with E-state index in [0.29, 0.717) is 6.42 Å². The monoisotopic (exact) mass is 180 g/mol. The number of hydrogen-bond acceptors (Lipinski definition) is 2. The van der Waals surface area contributed by atoms with Crippen LogP contribution in [0.15, 0.2) is 23.5 Å². The zero-order valence-corrected chi connectivity index (χ0v) is 8.21. The molecule has 72 valence electrons. The average Bonchev–Trinajstić information content (AvgIpc) is 2.10. The molecule has 0 aliphatic heterocycles. The molecule has 1 atom stereocenters. The second-order valence-electron chi connectivity index (χ2n) is 3.47. The van der Waals surface area contributed by atoms with E-state index in [1.54, 1.807) is 0 Å². The molecule has 0 aromatic rings. The lowest BCUT2D eigenvalue weighted by Gasteiger charge is -2.18. The number of aliphatic hydroxyl groups excluding tert-OH is 1. The van der Waals surface area contributed by atoms with Crippen LogP contribution in [-0.2, 0) is 4.79 Å². The van der Waals surface area contributed by atoms with Gasteiger partial charge < -0.3 is 5.11 Å². The van der Waals surface area contributed by atoms with Crippen LogP contribution in [0.3, 0.4) is 0 Å². The van der Waals surface area contributed by atoms with E-state index < -0.39 is 0 Å². The van der Waals surface area contributed by atoms with Crippen molar-refractivity contribution in [2.24, 2.45) is 5.92 Å². The van der Waals surface area contributed by atoms with Crippen molar-refractivity contribution in [2.75, 3.05) is 0 Å². The molecule has 0 unspecified atom stereocenters. The quantitative estimate of drug-likeness (QED) is 0.663. The molecular formula is C11H16O2. The van der Waals surface area contributed by atoms with Crippen LogP contribution in [-0.4, -0.2) is 10.9 Å². The van der Waals surface area contributed by atoms with Gasteiger partial charge in [0.05, 0.1) is 0 Å². The molecule has 13 heavy (non-hydrogen) atoms. The van der Waals surface area contributed by atoms with E-state index in [2.05, 4.69) is 0 Å². The van der Waals surface area contributed by atoms with Crippen LogP contribution in [0.2, 0.25) is 0 Å². The lowest BCUT2D eigenvalue weighted by atomic mass is 9.88. The van der Waals surface area contributed by atoms with Crippen molar-refractivity contribution in [3.05, 3.63) is 23.5 Å². The third-order valence-electron chi connectivity index (χ3n) is 2.45. The first kappa shape index (κ1) is 10.0. The third-order valence-corrected chi connectivity index (χ3v) is 2.45. The predicted molar refractivity (Wildman–Crippen MR) is 52.5 cm³/mol. The van der Waals surface area contributed by atoms with Crippen molar-refractivity contribution in [3.63, 3.8) is 0 Å². The molecule has 0 fully saturated rings. The van der Waals surface area contributed by atoms with Gasteiger partial charge in [-0.05, 0) is 31.3 Å². The highest BCUT2D eigenvalue weighted by Crippen LogP contribution is 2.27. The van der Waals surface area contributed by atoms with Crippen molar-refractivity contribution < 1.29 is 9.90 Å². The largest absolute Gasteiger partial charge is 0.504 e. The maximum Gasteiger partial charge on any atom is 0.197 e. The number of rotatable bonds is 2. The maximum absolute atomic E-state index is 11.2. The molecule has 1 aliphatic carbocycles. The Balaban J connectivity index is 2.87. The summed E-state index contributed by atoms with van der Waals surface area (Å²) in [7, 11) is 0. The normalized spacial score (nSPS) is 21.2. The summed E-state index contributed by atoms with van der Waals surface area (Å²) in [4.78, 5) is 11.2. The number of carbonyl (C=O) groups excluding carboxylic acids is 1. The molecule has 1 rings (SSSR count). The molecule has 0 heterocycles. The summed E-state index contributed by atoms with van der Waals surface area (Å²) in [6, 6.07) is 0. The van der Waals surface area contributed by atoms with E-state index in [1.807, 2.05) is 26.0 Å². The minimum absolute atomic E-state index is 0.0110. The molecule has 0 aromatic heterocycles. The molecule has 0 bridgehead atoms. The summed E-state index contributed by atoms with van der Waals surface area (Å²) in [6.45, 7) is 3.95. The lowest BCUT2D eigenvalue weighted by Crippen LogP contribution is -2.14. The highest BCUT2D eigenvalue weighted by molar-refractivity contribution is 5.94. The molecule has 1 aliphatic rings. The second kappa shape index (κ2) is 4.26. The van der Waals surface area contributed by atoms with Crippen LogP contribution < -0.4 is 0 Å². The van der Waals surface area contributed by atoms with Crippen LogP contribution in [0, 0.1) is 5.92 Å². The van der Waals surface area contributed by atoms with E-state index in [0.717, 1.165) is 18.4 Å². The first-order valence-corrected chi connectivity index (χ1v) is 4.74. The van der Waals surface area contributed by atoms with Gasteiger partial charge in [-0.1, -0.05) is 19.1 Å². The van der Waals surface area contributed by atoms with Crippen molar-refractivity contribution >= 4 is 5.78 Å². The zero-order valence-electron chi connectivity index (χ0n) is 8.21. The Bertz CT molecular complexity index is 261. The fourth-order valence-corrected chi connectivity index (χ4v) is 1.70. The molecule has 0 radical (unpaired) electrons. The molecule has 1 N–H and O–H groups in total. The van der Waals surface area contributed by atoms with Crippen molar-refractivity contribution in [1.82, 2.24) is 0 Å². The summed E-state index contributed by atoms with van der Waals surface area (Å²) in [6.07, 6.45) is 6.18. The van der Waals surface area contributed by atoms with Crippen LogP contribution in [0.1, 0.15) is 33.1 Å². The Kier molecular flexibility index (Phi) is 3.29. The van der Waals surface area contributed by atoms with Gasteiger partial charge in [0.25, 0.3) is 0 Å². The molecule has 0 saturated carbocycles. The lowest BCUT2D eigenvalue weighted by molar-refractivity contribution is -0.118. The molecule has 2 heteroatoms. The third kappa shape index (κ3) is 2.20. The predicted octanol–water partition coefficient (Wildman–Crippen LogP) is 2.76. The summed E-state index contributed by atoms with van der Waals surface area (Å²) in [5.74, 6) is 0.101. The van der Waals surface area contributed by atoms with Crippen molar-refractivity contribution in [3.8, 4) is 0 Å². The number of allylic oxidation sites excluding steroid dienone is 4. The molecule has 0 aromatic carbocycles. The summed E-state index contributed by atoms with van der Waals surface area (Å²) in [5.41, 5.74) is 0.898. The van der Waals surface area contributed by atoms with Gasteiger partial charge in [-0.3, -0.25) is 4.79 Å². The maximum atomic E-state index is 11.2. The van der Waals surface area contributed by atoms with Gasteiger partial charge in [-0.2, -0.15) is 0 Å². The first-order valence-electron chi connectivity index (χ1n) is 4.74. The van der Waals surface area contributed by atoms with Crippen LogP contribution >= 0.6 is 0 Å². The average molecular weight is 180 g/mol. The minimum atomic E-state index is -0.0994. The number of ketones is 1. The molecule has 0 amide bonds. The van der Waals surface area contributed by atoms with E-state index in [-0.39, 0.29) is 17.5 Å². The Morgan fingerprint density at radius 1 is 1.46 bits per heavy atom. The number of hydrogen-bond donors (Lipinski definition) is 1. The van der Waals surface area contributed by atoms with Gasteiger partial charge in [0, 0.05) is 6.42 Å². The number of Topliss-reactive ketones (excluding diaryl/α,β-unsaturated/α-hetero) is 1. The number of carbonyl (C=O) groups is 1. The van der Waals surface area contributed by atoms with Gasteiger partial charge in [0.15, 0.2) is 11.5 Å². The standard InChI is InChI=1S/C11H16O2/c1-3-5-8(2)9-6-4-7-10(12)11(9)13/h3,5,8,13H,4,6-7H2,1-2H3/b5-3+/t8-/m0/s1. The van der Waals surface area contributed by atoms with Gasteiger partial charge in [-0.25, -0.2) is 0 Å². The minimum Gasteiger partial charge on any atom is -0.504 e. The number of aliphatic hydroxyl groups is 1. The summed E-state index contributed by atoms with van der Waals surface area (Å²) < 4.78 is 0. The SMILES string of the molecule is C/C=C/[C@H](C)C1=C(O)C(=O)CCC1. The summed E-state index contributed by atoms with van der Waals surface area (Å²) >= 11 is 0. The van der Waals surface area contributed by atoms with Gasteiger partial charge in [0.2, 0.25) is 0 Å². The molecule has 2 nitrogen and oxygen atoms in total. The highest BCUT2D eigenvalue weighted by atomic mass is 16.3. The van der Waals surface area contributed by atoms with E-state index in [4.69, 9.17) is 0 Å². The van der Waals surface area contributed by atoms with Gasteiger partial charge in [-0.15, -0.1) is 0 Å². The Labute approximate surface area is 79.0 Å². The first-order chi connectivity index (χ1) is 6.16. The van der Waals surface area contributed by atoms with Crippen LogP contribution in [0.4, 0.5) is 0 Å². The Hall–Kier alpha value is -1.05. The Morgan fingerprint density at radius 2 is 2.15 bits per heavy atom. The van der Waals surface area contributed by atoms with E-state index in [1.165, 1.54) is 0 Å². The van der Waals surface area contributed by atoms with Crippen molar-refractivity contribution in [1.29, 1.82) is 0 Å². The Morgan fingerprint density at radius 3 is 2.77 bits per heavy atom. The smallest absolute Gasteiger partial charge is 0.197 e. The summed E-state index contributed by atoms with van der Waals surface area (Å²) in [5, 5.41) is 9.53. The van der Waals surface area contributed by atoms with Gasteiger partial charge >= 0.3 is 0 Å². The zero-order chi connectivity index (χ0) is 9.84. The van der Waals surface area contributed by atoms with E-state index in [9.17, 15) is 9.90 Å². The molecule has 0 spiro atoms. The van der Waals surface area contributed by atoms with Crippen LogP contribution in [0.5, 0.6) is 0 Å². The van der Waals surface area contributed by atoms with E-state index >= 15 is 0 Å². The van der Waals surface area contributed by atoms with Crippen LogP contribution in [0.25, 0.3) is 0 Å². The molecule has 0 saturated heterocycles. The highest BCUT2D eigenvalue weighted by Gasteiger charge is 2.21.